The molecule has 0 saturated carbocycles. The first-order valence-electron chi connectivity index (χ1n) is 9.08. The first-order chi connectivity index (χ1) is 13.2. The van der Waals surface area contributed by atoms with Crippen molar-refractivity contribution in [2.75, 3.05) is 5.32 Å². The smallest absolute Gasteiger partial charge is 0.270 e. The van der Waals surface area contributed by atoms with E-state index >= 15 is 0 Å². The number of benzene rings is 1. The molecule has 2 aromatic heterocycles. The van der Waals surface area contributed by atoms with Gasteiger partial charge in [-0.25, -0.2) is 9.97 Å². The Labute approximate surface area is 159 Å². The monoisotopic (exact) mass is 361 g/mol. The first-order valence-corrected chi connectivity index (χ1v) is 9.08. The van der Waals surface area contributed by atoms with Gasteiger partial charge < -0.3 is 10.6 Å². The summed E-state index contributed by atoms with van der Waals surface area (Å²) in [6.45, 7) is 4.65. The Hall–Kier alpha value is -3.28. The average molecular weight is 361 g/mol. The van der Waals surface area contributed by atoms with Crippen molar-refractivity contribution in [1.29, 1.82) is 0 Å². The summed E-state index contributed by atoms with van der Waals surface area (Å²) in [4.78, 5) is 24.8. The molecule has 2 heterocycles. The molecule has 6 heteroatoms. The van der Waals surface area contributed by atoms with Crippen LogP contribution in [-0.4, -0.2) is 20.9 Å². The van der Waals surface area contributed by atoms with E-state index < -0.39 is 0 Å². The van der Waals surface area contributed by atoms with Gasteiger partial charge in [0.1, 0.15) is 17.8 Å². The number of anilines is 2. The van der Waals surface area contributed by atoms with Crippen LogP contribution in [0.5, 0.6) is 0 Å². The van der Waals surface area contributed by atoms with Crippen molar-refractivity contribution in [1.82, 2.24) is 20.3 Å². The Morgan fingerprint density at radius 3 is 2.48 bits per heavy atom. The van der Waals surface area contributed by atoms with Crippen molar-refractivity contribution in [2.45, 2.75) is 33.2 Å². The molecule has 2 N–H and O–H groups in total. The zero-order valence-corrected chi connectivity index (χ0v) is 15.6. The molecule has 0 fully saturated rings. The van der Waals surface area contributed by atoms with E-state index in [4.69, 9.17) is 0 Å². The molecule has 3 aromatic rings. The third kappa shape index (κ3) is 4.67. The Morgan fingerprint density at radius 1 is 1.04 bits per heavy atom. The maximum Gasteiger partial charge on any atom is 0.270 e. The van der Waals surface area contributed by atoms with Gasteiger partial charge in [-0.15, -0.1) is 0 Å². The van der Waals surface area contributed by atoms with Gasteiger partial charge in [0.15, 0.2) is 0 Å². The number of amides is 1. The van der Waals surface area contributed by atoms with Crippen LogP contribution in [0.3, 0.4) is 0 Å². The van der Waals surface area contributed by atoms with Gasteiger partial charge in [0.25, 0.3) is 5.91 Å². The summed E-state index contributed by atoms with van der Waals surface area (Å²) in [5.74, 6) is 0.357. The molecule has 3 rings (SSSR count). The third-order valence-electron chi connectivity index (χ3n) is 4.33. The number of pyridine rings is 1. The van der Waals surface area contributed by atoms with Gasteiger partial charge in [-0.1, -0.05) is 38.1 Å². The summed E-state index contributed by atoms with van der Waals surface area (Å²) < 4.78 is 0. The maximum atomic E-state index is 12.4. The van der Waals surface area contributed by atoms with Crippen LogP contribution in [0.15, 0.2) is 55.1 Å². The van der Waals surface area contributed by atoms with Crippen LogP contribution in [0.25, 0.3) is 0 Å². The van der Waals surface area contributed by atoms with Crippen molar-refractivity contribution < 1.29 is 4.79 Å². The fourth-order valence-electron chi connectivity index (χ4n) is 2.86. The lowest BCUT2D eigenvalue weighted by molar-refractivity contribution is 0.0945. The molecule has 0 aliphatic rings. The average Bonchev–Trinajstić information content (AvgIpc) is 2.73. The molecule has 0 saturated heterocycles. The minimum atomic E-state index is -0.246. The number of aryl methyl sites for hydroxylation is 2. The molecular formula is C21H23N5O. The fourth-order valence-corrected chi connectivity index (χ4v) is 2.86. The topological polar surface area (TPSA) is 79.8 Å². The van der Waals surface area contributed by atoms with Crippen molar-refractivity contribution >= 4 is 17.4 Å². The fraction of sp³-hybridized carbons (Fsp3) is 0.238. The SMILES string of the molecule is CCc1cccc(CC)c1Nc1cc(C(=O)NCc2cccnc2)ncn1. The summed E-state index contributed by atoms with van der Waals surface area (Å²) in [7, 11) is 0. The number of para-hydroxylation sites is 1. The van der Waals surface area contributed by atoms with Crippen LogP contribution in [0.2, 0.25) is 0 Å². The van der Waals surface area contributed by atoms with Crippen LogP contribution in [-0.2, 0) is 19.4 Å². The molecule has 0 unspecified atom stereocenters. The second-order valence-electron chi connectivity index (χ2n) is 6.12. The van der Waals surface area contributed by atoms with Crippen molar-refractivity contribution in [3.05, 3.63) is 77.5 Å². The van der Waals surface area contributed by atoms with Gasteiger partial charge in [0.05, 0.1) is 0 Å². The van der Waals surface area contributed by atoms with Crippen LogP contribution in [0, 0.1) is 0 Å². The molecule has 1 aromatic carbocycles. The van der Waals surface area contributed by atoms with Gasteiger partial charge in [-0.2, -0.15) is 0 Å². The molecule has 0 aliphatic heterocycles. The Kier molecular flexibility index (Phi) is 6.10. The number of carbonyl (C=O) groups excluding carboxylic acids is 1. The lowest BCUT2D eigenvalue weighted by atomic mass is 10.0. The molecule has 0 atom stereocenters. The zero-order chi connectivity index (χ0) is 19.1. The van der Waals surface area contributed by atoms with Crippen LogP contribution in [0.4, 0.5) is 11.5 Å². The number of nitrogens with zero attached hydrogens (tertiary/aromatic N) is 3. The molecule has 6 nitrogen and oxygen atoms in total. The molecule has 138 valence electrons. The molecule has 0 bridgehead atoms. The minimum absolute atomic E-state index is 0.246. The largest absolute Gasteiger partial charge is 0.347 e. The summed E-state index contributed by atoms with van der Waals surface area (Å²) in [6.07, 6.45) is 6.66. The predicted octanol–water partition coefficient (Wildman–Crippen LogP) is 3.67. The van der Waals surface area contributed by atoms with Crippen LogP contribution >= 0.6 is 0 Å². The van der Waals surface area contributed by atoms with Crippen molar-refractivity contribution in [3.8, 4) is 0 Å². The minimum Gasteiger partial charge on any atom is -0.347 e. The lowest BCUT2D eigenvalue weighted by Crippen LogP contribution is -2.24. The van der Waals surface area contributed by atoms with E-state index in [0.29, 0.717) is 18.1 Å². The Bertz CT molecular complexity index is 889. The molecular weight excluding hydrogens is 338 g/mol. The number of hydrogen-bond donors (Lipinski definition) is 2. The predicted molar refractivity (Wildman–Crippen MR) is 106 cm³/mol. The lowest BCUT2D eigenvalue weighted by Gasteiger charge is -2.15. The van der Waals surface area contributed by atoms with Gasteiger partial charge in [0, 0.05) is 30.7 Å². The van der Waals surface area contributed by atoms with E-state index in [9.17, 15) is 4.79 Å². The Balaban J connectivity index is 1.75. The normalized spacial score (nSPS) is 10.4. The van der Waals surface area contributed by atoms with Gasteiger partial charge in [-0.3, -0.25) is 9.78 Å². The van der Waals surface area contributed by atoms with E-state index in [1.165, 1.54) is 17.5 Å². The van der Waals surface area contributed by atoms with Crippen LogP contribution in [0.1, 0.15) is 41.0 Å². The highest BCUT2D eigenvalue weighted by molar-refractivity contribution is 5.93. The number of rotatable bonds is 7. The standard InChI is InChI=1S/C21H23N5O/c1-3-16-8-5-9-17(4-2)20(16)26-19-11-18(24-14-25-19)21(27)23-13-15-7-6-10-22-12-15/h5-12,14H,3-4,13H2,1-2H3,(H,23,27)(H,24,25,26). The second kappa shape index (κ2) is 8.89. The molecule has 0 aliphatic carbocycles. The number of aromatic nitrogens is 3. The molecule has 1 amide bonds. The molecule has 0 radical (unpaired) electrons. The first kappa shape index (κ1) is 18.5. The molecule has 27 heavy (non-hydrogen) atoms. The van der Waals surface area contributed by atoms with Crippen molar-refractivity contribution in [3.63, 3.8) is 0 Å². The number of carbonyl (C=O) groups is 1. The number of hydrogen-bond acceptors (Lipinski definition) is 5. The second-order valence-corrected chi connectivity index (χ2v) is 6.12. The van der Waals surface area contributed by atoms with Gasteiger partial charge in [-0.05, 0) is 35.6 Å². The summed E-state index contributed by atoms with van der Waals surface area (Å²) >= 11 is 0. The van der Waals surface area contributed by atoms with E-state index in [0.717, 1.165) is 24.1 Å². The van der Waals surface area contributed by atoms with E-state index in [2.05, 4.69) is 57.6 Å². The summed E-state index contributed by atoms with van der Waals surface area (Å²) in [5.41, 5.74) is 4.75. The summed E-state index contributed by atoms with van der Waals surface area (Å²) in [5, 5.41) is 6.23. The maximum absolute atomic E-state index is 12.4. The Morgan fingerprint density at radius 2 is 1.81 bits per heavy atom. The third-order valence-corrected chi connectivity index (χ3v) is 4.33. The quantitative estimate of drug-likeness (QED) is 0.671. The highest BCUT2D eigenvalue weighted by atomic mass is 16.1. The van der Waals surface area contributed by atoms with Gasteiger partial charge >= 0.3 is 0 Å². The van der Waals surface area contributed by atoms with E-state index in [1.54, 1.807) is 18.5 Å². The highest BCUT2D eigenvalue weighted by Crippen LogP contribution is 2.25. The van der Waals surface area contributed by atoms with E-state index in [-0.39, 0.29) is 5.91 Å². The van der Waals surface area contributed by atoms with E-state index in [1.807, 2.05) is 12.1 Å². The highest BCUT2D eigenvalue weighted by Gasteiger charge is 2.11. The van der Waals surface area contributed by atoms with Crippen LogP contribution < -0.4 is 10.6 Å². The van der Waals surface area contributed by atoms with Gasteiger partial charge in [0.2, 0.25) is 0 Å². The molecule has 0 spiro atoms. The zero-order valence-electron chi connectivity index (χ0n) is 15.6. The van der Waals surface area contributed by atoms with Crippen molar-refractivity contribution in [2.24, 2.45) is 0 Å². The summed E-state index contributed by atoms with van der Waals surface area (Å²) in [6, 6.07) is 11.7. The number of nitrogens with one attached hydrogen (secondary N) is 2.